The second kappa shape index (κ2) is 7.25. The summed E-state index contributed by atoms with van der Waals surface area (Å²) in [5.74, 6) is -0.813. The number of hydrogen-bond donors (Lipinski definition) is 0. The van der Waals surface area contributed by atoms with Gasteiger partial charge in [0.2, 0.25) is 0 Å². The van der Waals surface area contributed by atoms with E-state index in [1.807, 2.05) is 12.1 Å². The van der Waals surface area contributed by atoms with Gasteiger partial charge in [0.15, 0.2) is 0 Å². The number of benzene rings is 1. The summed E-state index contributed by atoms with van der Waals surface area (Å²) in [4.78, 5) is 32.0. The van der Waals surface area contributed by atoms with Gasteiger partial charge in [-0.2, -0.15) is 0 Å². The molecule has 2 aliphatic rings. The first-order valence-corrected chi connectivity index (χ1v) is 10.6. The highest BCUT2D eigenvalue weighted by atomic mass is 16.5. The Hall–Kier alpha value is -2.63. The lowest BCUT2D eigenvalue weighted by Crippen LogP contribution is -2.35. The summed E-state index contributed by atoms with van der Waals surface area (Å²) in [5, 5.41) is 0.789. The first-order valence-electron chi connectivity index (χ1n) is 10.6. The number of pyridine rings is 1. The number of nitrogens with zero attached hydrogens (tertiary/aromatic N) is 2. The minimum atomic E-state index is -0.434. The summed E-state index contributed by atoms with van der Waals surface area (Å²) in [6.45, 7) is 9.96. The molecule has 6 heteroatoms. The zero-order valence-electron chi connectivity index (χ0n) is 18.4. The lowest BCUT2D eigenvalue weighted by molar-refractivity contribution is 0.0526. The fourth-order valence-electron chi connectivity index (χ4n) is 5.87. The van der Waals surface area contributed by atoms with Crippen LogP contribution in [-0.4, -0.2) is 43.2 Å². The number of para-hydroxylation sites is 1. The third-order valence-corrected chi connectivity index (χ3v) is 6.47. The summed E-state index contributed by atoms with van der Waals surface area (Å²) in [6.07, 6.45) is 4.86. The van der Waals surface area contributed by atoms with Gasteiger partial charge in [0.1, 0.15) is 5.56 Å². The maximum absolute atomic E-state index is 12.9. The smallest absolute Gasteiger partial charge is 0.341 e. The van der Waals surface area contributed by atoms with Crippen LogP contribution in [-0.2, 0) is 9.47 Å². The molecule has 2 atom stereocenters. The molecule has 2 unspecified atom stereocenters. The molecule has 4 rings (SSSR count). The van der Waals surface area contributed by atoms with Crippen molar-refractivity contribution in [3.05, 3.63) is 35.5 Å². The topological polar surface area (TPSA) is 68.7 Å². The van der Waals surface area contributed by atoms with E-state index < -0.39 is 5.97 Å². The summed E-state index contributed by atoms with van der Waals surface area (Å²) < 4.78 is 10.3. The fourth-order valence-corrected chi connectivity index (χ4v) is 5.87. The van der Waals surface area contributed by atoms with Crippen LogP contribution in [0.15, 0.2) is 24.4 Å². The van der Waals surface area contributed by atoms with Crippen LogP contribution in [0.3, 0.4) is 0 Å². The van der Waals surface area contributed by atoms with Gasteiger partial charge < -0.3 is 14.4 Å². The van der Waals surface area contributed by atoms with Crippen molar-refractivity contribution in [3.8, 4) is 0 Å². The van der Waals surface area contributed by atoms with Gasteiger partial charge >= 0.3 is 11.9 Å². The van der Waals surface area contributed by atoms with Crippen molar-refractivity contribution in [2.24, 2.45) is 10.8 Å². The van der Waals surface area contributed by atoms with Crippen molar-refractivity contribution < 1.29 is 19.1 Å². The highest BCUT2D eigenvalue weighted by Crippen LogP contribution is 2.54. The third kappa shape index (κ3) is 3.42. The van der Waals surface area contributed by atoms with E-state index in [4.69, 9.17) is 9.47 Å². The molecule has 1 aromatic heterocycles. The normalized spacial score (nSPS) is 24.7. The largest absolute Gasteiger partial charge is 0.465 e. The summed E-state index contributed by atoms with van der Waals surface area (Å²) in [5.41, 5.74) is 2.68. The Bertz CT molecular complexity index is 1020. The van der Waals surface area contributed by atoms with Crippen molar-refractivity contribution >= 4 is 28.5 Å². The molecule has 2 heterocycles. The Morgan fingerprint density at radius 3 is 2.63 bits per heavy atom. The Balaban J connectivity index is 1.93. The number of fused-ring (bicyclic) bond motifs is 3. The molecule has 30 heavy (non-hydrogen) atoms. The molecule has 1 aliphatic carbocycles. The lowest BCUT2D eigenvalue weighted by atomic mass is 9.65. The van der Waals surface area contributed by atoms with E-state index in [-0.39, 0.29) is 16.8 Å². The van der Waals surface area contributed by atoms with Crippen LogP contribution < -0.4 is 4.90 Å². The maximum atomic E-state index is 12.9. The second-order valence-corrected chi connectivity index (χ2v) is 9.78. The highest BCUT2D eigenvalue weighted by Gasteiger charge is 2.50. The van der Waals surface area contributed by atoms with Crippen molar-refractivity contribution in [3.63, 3.8) is 0 Å². The number of esters is 2. The SMILES string of the molecule is CCOC(=O)c1cnc2c(C(=O)OC)cccc2c1N1CC2(C)CC1CC(C)(C)C2. The molecule has 160 valence electrons. The zero-order valence-corrected chi connectivity index (χ0v) is 18.4. The Kier molecular flexibility index (Phi) is 4.99. The van der Waals surface area contributed by atoms with Crippen LogP contribution >= 0.6 is 0 Å². The van der Waals surface area contributed by atoms with E-state index in [9.17, 15) is 9.59 Å². The third-order valence-electron chi connectivity index (χ3n) is 6.47. The first kappa shape index (κ1) is 20.6. The van der Waals surface area contributed by atoms with E-state index >= 15 is 0 Å². The summed E-state index contributed by atoms with van der Waals surface area (Å²) in [6, 6.07) is 5.80. The molecule has 2 bridgehead atoms. The fraction of sp³-hybridized carbons (Fsp3) is 0.542. The van der Waals surface area contributed by atoms with Crippen molar-refractivity contribution in [1.29, 1.82) is 0 Å². The standard InChI is InChI=1S/C24H30N2O4/c1-6-30-22(28)18-12-25-19-16(8-7-9-17(19)21(27)29-5)20(18)26-14-24(4)11-15(26)10-23(2,3)13-24/h7-9,12,15H,6,10-11,13-14H2,1-5H3. The molecular weight excluding hydrogens is 380 g/mol. The Morgan fingerprint density at radius 1 is 1.17 bits per heavy atom. The van der Waals surface area contributed by atoms with Crippen LogP contribution in [0.4, 0.5) is 5.69 Å². The first-order chi connectivity index (χ1) is 14.2. The number of ether oxygens (including phenoxy) is 2. The van der Waals surface area contributed by atoms with Crippen LogP contribution in [0.2, 0.25) is 0 Å². The summed E-state index contributed by atoms with van der Waals surface area (Å²) >= 11 is 0. The van der Waals surface area contributed by atoms with E-state index in [1.54, 1.807) is 19.2 Å². The predicted octanol–water partition coefficient (Wildman–Crippen LogP) is 4.60. The monoisotopic (exact) mass is 410 g/mol. The number of hydrogen-bond acceptors (Lipinski definition) is 6. The predicted molar refractivity (Wildman–Crippen MR) is 116 cm³/mol. The molecule has 2 fully saturated rings. The van der Waals surface area contributed by atoms with Gasteiger partial charge in [-0.15, -0.1) is 0 Å². The van der Waals surface area contributed by atoms with E-state index in [2.05, 4.69) is 30.7 Å². The number of aromatic nitrogens is 1. The summed E-state index contributed by atoms with van der Waals surface area (Å²) in [7, 11) is 1.36. The van der Waals surface area contributed by atoms with E-state index in [1.165, 1.54) is 7.11 Å². The zero-order chi connectivity index (χ0) is 21.7. The number of methoxy groups -OCH3 is 1. The Morgan fingerprint density at radius 2 is 1.93 bits per heavy atom. The molecule has 1 aromatic carbocycles. The van der Waals surface area contributed by atoms with E-state index in [0.29, 0.717) is 29.3 Å². The minimum Gasteiger partial charge on any atom is -0.465 e. The van der Waals surface area contributed by atoms with Gasteiger partial charge in [0.25, 0.3) is 0 Å². The number of rotatable bonds is 4. The quantitative estimate of drug-likeness (QED) is 0.686. The van der Waals surface area contributed by atoms with E-state index in [0.717, 1.165) is 36.9 Å². The van der Waals surface area contributed by atoms with Crippen LogP contribution in [0, 0.1) is 10.8 Å². The minimum absolute atomic E-state index is 0.188. The van der Waals surface area contributed by atoms with Crippen molar-refractivity contribution in [2.75, 3.05) is 25.2 Å². The maximum Gasteiger partial charge on any atom is 0.341 e. The molecule has 0 amide bonds. The van der Waals surface area contributed by atoms with Gasteiger partial charge in [-0.3, -0.25) is 4.98 Å². The average Bonchev–Trinajstić information content (AvgIpc) is 2.94. The highest BCUT2D eigenvalue weighted by molar-refractivity contribution is 6.11. The molecular formula is C24H30N2O4. The molecule has 1 aliphatic heterocycles. The second-order valence-electron chi connectivity index (χ2n) is 9.78. The van der Waals surface area contributed by atoms with Gasteiger partial charge in [0.05, 0.1) is 30.5 Å². The van der Waals surface area contributed by atoms with Gasteiger partial charge in [-0.05, 0) is 43.1 Å². The molecule has 0 N–H and O–H groups in total. The number of carbonyl (C=O) groups is 2. The molecule has 1 saturated carbocycles. The van der Waals surface area contributed by atoms with Crippen LogP contribution in [0.5, 0.6) is 0 Å². The van der Waals surface area contributed by atoms with Gasteiger partial charge in [-0.25, -0.2) is 9.59 Å². The molecule has 2 aromatic rings. The lowest BCUT2D eigenvalue weighted by Gasteiger charge is -2.39. The molecule has 6 nitrogen and oxygen atoms in total. The molecule has 0 radical (unpaired) electrons. The molecule has 0 spiro atoms. The van der Waals surface area contributed by atoms with Crippen molar-refractivity contribution in [1.82, 2.24) is 4.98 Å². The average molecular weight is 411 g/mol. The Labute approximate surface area is 177 Å². The van der Waals surface area contributed by atoms with Crippen LogP contribution in [0.1, 0.15) is 67.7 Å². The van der Waals surface area contributed by atoms with Crippen LogP contribution in [0.25, 0.3) is 10.9 Å². The van der Waals surface area contributed by atoms with Crippen molar-refractivity contribution in [2.45, 2.75) is 53.0 Å². The number of anilines is 1. The van der Waals surface area contributed by atoms with Gasteiger partial charge in [-0.1, -0.05) is 32.9 Å². The van der Waals surface area contributed by atoms with Gasteiger partial charge in [0, 0.05) is 24.2 Å². The molecule has 1 saturated heterocycles. The number of carbonyl (C=O) groups excluding carboxylic acids is 2.